The molecule has 1 amide bonds. The van der Waals surface area contributed by atoms with Gasteiger partial charge < -0.3 is 5.32 Å². The molecule has 0 saturated heterocycles. The van der Waals surface area contributed by atoms with Crippen molar-refractivity contribution in [1.29, 1.82) is 0 Å². The molecule has 2 heterocycles. The third kappa shape index (κ3) is 2.74. The highest BCUT2D eigenvalue weighted by molar-refractivity contribution is 6.29. The van der Waals surface area contributed by atoms with Crippen molar-refractivity contribution < 1.29 is 4.79 Å². The summed E-state index contributed by atoms with van der Waals surface area (Å²) in [5.74, 6) is -0.206. The highest BCUT2D eigenvalue weighted by Gasteiger charge is 2.52. The largest absolute Gasteiger partial charge is 0.348 e. The number of hydrogen-bond acceptors (Lipinski definition) is 4. The Kier molecular flexibility index (Phi) is 4.07. The molecule has 5 nitrogen and oxygen atoms in total. The maximum Gasteiger partial charge on any atom is 0.302 e. The van der Waals surface area contributed by atoms with Crippen LogP contribution in [0.15, 0.2) is 82.9 Å². The van der Waals surface area contributed by atoms with Crippen LogP contribution in [0.4, 0.5) is 11.4 Å². The summed E-state index contributed by atoms with van der Waals surface area (Å²) in [5, 5.41) is 9.43. The molecule has 3 aromatic rings. The van der Waals surface area contributed by atoms with Crippen molar-refractivity contribution in [2.75, 3.05) is 10.3 Å². The van der Waals surface area contributed by atoms with Crippen LogP contribution in [0.1, 0.15) is 29.2 Å². The maximum absolute atomic E-state index is 13.7. The van der Waals surface area contributed by atoms with E-state index < -0.39 is 5.66 Å². The Hall–Kier alpha value is -3.73. The average Bonchev–Trinajstić information content (AvgIpc) is 2.99. The van der Waals surface area contributed by atoms with Gasteiger partial charge in [0.1, 0.15) is 0 Å². The Morgan fingerprint density at radius 3 is 2.17 bits per heavy atom. The number of hydrazone groups is 1. The van der Waals surface area contributed by atoms with Gasteiger partial charge >= 0.3 is 5.91 Å². The first-order valence-corrected chi connectivity index (χ1v) is 9.99. The van der Waals surface area contributed by atoms with E-state index >= 15 is 0 Å². The van der Waals surface area contributed by atoms with Gasteiger partial charge in [-0.2, -0.15) is 10.1 Å². The second-order valence-corrected chi connectivity index (χ2v) is 7.85. The number of carbonyl (C=O) groups excluding carboxylic acids is 1. The van der Waals surface area contributed by atoms with Gasteiger partial charge in [-0.15, -0.1) is 0 Å². The normalized spacial score (nSPS) is 20.0. The fourth-order valence-corrected chi connectivity index (χ4v) is 3.89. The molecule has 0 bridgehead atoms. The van der Waals surface area contributed by atoms with Gasteiger partial charge in [-0.1, -0.05) is 65.7 Å². The molecule has 1 atom stereocenters. The van der Waals surface area contributed by atoms with Crippen LogP contribution in [0.3, 0.4) is 0 Å². The monoisotopic (exact) mass is 394 g/mol. The van der Waals surface area contributed by atoms with Crippen molar-refractivity contribution >= 4 is 28.7 Å². The zero-order valence-electron chi connectivity index (χ0n) is 17.2. The van der Waals surface area contributed by atoms with Crippen molar-refractivity contribution in [3.8, 4) is 0 Å². The minimum absolute atomic E-state index is 0.206. The summed E-state index contributed by atoms with van der Waals surface area (Å²) in [6.07, 6.45) is 0. The van der Waals surface area contributed by atoms with Crippen molar-refractivity contribution in [2.45, 2.75) is 26.4 Å². The first-order valence-electron chi connectivity index (χ1n) is 9.99. The number of anilines is 2. The van der Waals surface area contributed by atoms with Crippen LogP contribution in [0.2, 0.25) is 0 Å². The van der Waals surface area contributed by atoms with E-state index in [0.717, 1.165) is 33.8 Å². The SMILES string of the molecule is CC1=NN(c2ccc(C)cc2)C(=O)C12N=C(c1ccc(C)cc1)c1ccccc1N2. The summed E-state index contributed by atoms with van der Waals surface area (Å²) in [7, 11) is 0. The highest BCUT2D eigenvalue weighted by Crippen LogP contribution is 2.37. The summed E-state index contributed by atoms with van der Waals surface area (Å²) < 4.78 is 0. The average molecular weight is 394 g/mol. The van der Waals surface area contributed by atoms with Crippen LogP contribution in [0, 0.1) is 13.8 Å². The lowest BCUT2D eigenvalue weighted by Crippen LogP contribution is -2.53. The molecule has 1 N–H and O–H groups in total. The number of para-hydroxylation sites is 1. The van der Waals surface area contributed by atoms with E-state index in [4.69, 9.17) is 4.99 Å². The predicted molar refractivity (Wildman–Crippen MR) is 121 cm³/mol. The number of aliphatic imine (C=N–C) groups is 1. The maximum atomic E-state index is 13.7. The van der Waals surface area contributed by atoms with Crippen molar-refractivity contribution in [3.63, 3.8) is 0 Å². The van der Waals surface area contributed by atoms with Gasteiger partial charge in [0.15, 0.2) is 0 Å². The van der Waals surface area contributed by atoms with Crippen LogP contribution in [0.25, 0.3) is 0 Å². The second kappa shape index (κ2) is 6.66. The topological polar surface area (TPSA) is 57.1 Å². The van der Waals surface area contributed by atoms with Gasteiger partial charge in [0.2, 0.25) is 0 Å². The first kappa shape index (κ1) is 18.3. The van der Waals surface area contributed by atoms with Gasteiger partial charge in [-0.3, -0.25) is 4.79 Å². The Balaban J connectivity index is 1.66. The Morgan fingerprint density at radius 2 is 1.47 bits per heavy atom. The van der Waals surface area contributed by atoms with E-state index in [9.17, 15) is 4.79 Å². The van der Waals surface area contributed by atoms with E-state index in [1.54, 1.807) is 0 Å². The molecule has 3 aromatic carbocycles. The molecule has 0 aromatic heterocycles. The smallest absolute Gasteiger partial charge is 0.302 e. The molecule has 0 aliphatic carbocycles. The Bertz CT molecular complexity index is 1210. The van der Waals surface area contributed by atoms with E-state index in [1.165, 1.54) is 10.6 Å². The van der Waals surface area contributed by atoms with Crippen LogP contribution in [0.5, 0.6) is 0 Å². The zero-order chi connectivity index (χ0) is 20.9. The number of carbonyl (C=O) groups is 1. The molecule has 0 saturated carbocycles. The highest BCUT2D eigenvalue weighted by atomic mass is 16.2. The number of rotatable bonds is 2. The second-order valence-electron chi connectivity index (χ2n) is 7.85. The summed E-state index contributed by atoms with van der Waals surface area (Å²) in [6, 6.07) is 23.9. The van der Waals surface area contributed by atoms with Crippen molar-refractivity contribution in [1.82, 2.24) is 0 Å². The third-order valence-corrected chi connectivity index (χ3v) is 5.66. The quantitative estimate of drug-likeness (QED) is 0.686. The predicted octanol–water partition coefficient (Wildman–Crippen LogP) is 4.69. The van der Waals surface area contributed by atoms with Crippen molar-refractivity contribution in [2.24, 2.45) is 10.1 Å². The van der Waals surface area contributed by atoms with Crippen molar-refractivity contribution in [3.05, 3.63) is 95.1 Å². The van der Waals surface area contributed by atoms with E-state index in [1.807, 2.05) is 74.5 Å². The lowest BCUT2D eigenvalue weighted by atomic mass is 9.93. The number of nitrogens with zero attached hydrogens (tertiary/aromatic N) is 3. The number of aryl methyl sites for hydroxylation is 2. The van der Waals surface area contributed by atoms with Gasteiger partial charge in [0, 0.05) is 16.8 Å². The standard InChI is InChI=1S/C25H22N4O/c1-16-8-12-19(13-9-16)23-21-6-4-5-7-22(21)26-25(27-23)18(3)28-29(24(25)30)20-14-10-17(2)11-15-20/h4-15,26H,1-3H3. The number of nitrogens with one attached hydrogen (secondary N) is 1. The zero-order valence-corrected chi connectivity index (χ0v) is 17.2. The Morgan fingerprint density at radius 1 is 0.833 bits per heavy atom. The molecule has 1 spiro atoms. The molecule has 5 rings (SSSR count). The summed E-state index contributed by atoms with van der Waals surface area (Å²) in [4.78, 5) is 18.7. The molecular weight excluding hydrogens is 372 g/mol. The fourth-order valence-electron chi connectivity index (χ4n) is 3.89. The summed E-state index contributed by atoms with van der Waals surface area (Å²) >= 11 is 0. The van der Waals surface area contributed by atoms with Crippen LogP contribution >= 0.6 is 0 Å². The molecular formula is C25H22N4O. The van der Waals surface area contributed by atoms with E-state index in [2.05, 4.69) is 29.5 Å². The molecule has 1 unspecified atom stereocenters. The third-order valence-electron chi connectivity index (χ3n) is 5.66. The first-order chi connectivity index (χ1) is 14.5. The van der Waals surface area contributed by atoms with Gasteiger partial charge in [-0.05, 0) is 39.0 Å². The molecule has 2 aliphatic heterocycles. The van der Waals surface area contributed by atoms with Gasteiger partial charge in [-0.25, -0.2) is 4.99 Å². The van der Waals surface area contributed by atoms with E-state index in [-0.39, 0.29) is 5.91 Å². The lowest BCUT2D eigenvalue weighted by molar-refractivity contribution is -0.120. The van der Waals surface area contributed by atoms with Crippen LogP contribution in [-0.2, 0) is 4.79 Å². The molecule has 0 radical (unpaired) electrons. The Labute approximate surface area is 175 Å². The molecule has 2 aliphatic rings. The minimum atomic E-state index is -1.25. The minimum Gasteiger partial charge on any atom is -0.348 e. The van der Waals surface area contributed by atoms with Crippen LogP contribution in [-0.4, -0.2) is 23.0 Å². The molecule has 5 heteroatoms. The lowest BCUT2D eigenvalue weighted by Gasteiger charge is -2.33. The molecule has 148 valence electrons. The number of amides is 1. The summed E-state index contributed by atoms with van der Waals surface area (Å²) in [5.41, 5.74) is 6.02. The van der Waals surface area contributed by atoms with Gasteiger partial charge in [0.25, 0.3) is 5.66 Å². The summed E-state index contributed by atoms with van der Waals surface area (Å²) in [6.45, 7) is 5.92. The van der Waals surface area contributed by atoms with Crippen LogP contribution < -0.4 is 10.3 Å². The number of fused-ring (bicyclic) bond motifs is 1. The molecule has 30 heavy (non-hydrogen) atoms. The molecule has 0 fully saturated rings. The van der Waals surface area contributed by atoms with Gasteiger partial charge in [0.05, 0.1) is 17.1 Å². The fraction of sp³-hybridized carbons (Fsp3) is 0.160. The van der Waals surface area contributed by atoms with E-state index in [0.29, 0.717) is 5.71 Å². The number of benzene rings is 3. The number of hydrogen-bond donors (Lipinski definition) is 1.